The van der Waals surface area contributed by atoms with Crippen molar-refractivity contribution in [2.45, 2.75) is 31.8 Å². The minimum atomic E-state index is 0.685. The van der Waals surface area contributed by atoms with Crippen LogP contribution in [0.4, 0.5) is 0 Å². The number of nitrogens with zero attached hydrogens (tertiary/aromatic N) is 2. The van der Waals surface area contributed by atoms with Crippen molar-refractivity contribution < 1.29 is 0 Å². The highest BCUT2D eigenvalue weighted by molar-refractivity contribution is 7.99. The molecular weight excluding hydrogens is 302 g/mol. The molecule has 1 fully saturated rings. The first-order valence-electron chi connectivity index (χ1n) is 8.79. The number of hydrogen-bond acceptors (Lipinski definition) is 3. The maximum atomic E-state index is 3.67. The molecule has 1 unspecified atom stereocenters. The number of likely N-dealkylation sites (N-methyl/N-ethyl adjacent to an activating group) is 1. The molecule has 1 aliphatic heterocycles. The molecular formula is C19H27N3S. The van der Waals surface area contributed by atoms with Crippen molar-refractivity contribution in [2.75, 3.05) is 38.7 Å². The fraction of sp³-hybridized carbons (Fsp3) is 0.579. The topological polar surface area (TPSA) is 22.3 Å². The molecule has 0 saturated carbocycles. The van der Waals surface area contributed by atoms with Crippen LogP contribution in [0, 0.1) is 0 Å². The van der Waals surface area contributed by atoms with Crippen molar-refractivity contribution in [1.82, 2.24) is 14.8 Å². The van der Waals surface area contributed by atoms with E-state index in [9.17, 15) is 0 Å². The van der Waals surface area contributed by atoms with Gasteiger partial charge in [-0.2, -0.15) is 11.8 Å². The fourth-order valence-electron chi connectivity index (χ4n) is 4.00. The van der Waals surface area contributed by atoms with E-state index in [4.69, 9.17) is 0 Å². The number of H-pyrrole nitrogens is 1. The van der Waals surface area contributed by atoms with Crippen LogP contribution in [0.5, 0.6) is 0 Å². The fourth-order valence-corrected chi connectivity index (χ4v) is 4.98. The van der Waals surface area contributed by atoms with Gasteiger partial charge in [0.05, 0.1) is 0 Å². The molecule has 1 aromatic heterocycles. The van der Waals surface area contributed by atoms with E-state index in [1.54, 1.807) is 5.56 Å². The number of rotatable bonds is 3. The number of thioether (sulfide) groups is 1. The second-order valence-electron chi connectivity index (χ2n) is 7.21. The number of nitrogens with one attached hydrogen (secondary N) is 1. The molecule has 1 saturated heterocycles. The summed E-state index contributed by atoms with van der Waals surface area (Å²) in [6, 6.07) is 7.75. The summed E-state index contributed by atoms with van der Waals surface area (Å²) in [4.78, 5) is 8.65. The van der Waals surface area contributed by atoms with Crippen molar-refractivity contribution in [3.8, 4) is 0 Å². The summed E-state index contributed by atoms with van der Waals surface area (Å²) in [5.74, 6) is 2.57. The summed E-state index contributed by atoms with van der Waals surface area (Å²) in [7, 11) is 4.43. The second kappa shape index (κ2) is 6.50. The third-order valence-electron chi connectivity index (χ3n) is 5.47. The van der Waals surface area contributed by atoms with Crippen LogP contribution in [0.3, 0.4) is 0 Å². The first-order valence-corrected chi connectivity index (χ1v) is 9.95. The Labute approximate surface area is 143 Å². The lowest BCUT2D eigenvalue weighted by atomic mass is 9.90. The maximum absolute atomic E-state index is 3.67. The van der Waals surface area contributed by atoms with Gasteiger partial charge in [-0.3, -0.25) is 4.90 Å². The number of hydrogen-bond donors (Lipinski definition) is 1. The van der Waals surface area contributed by atoms with Crippen LogP contribution in [-0.4, -0.2) is 59.5 Å². The van der Waals surface area contributed by atoms with E-state index in [0.717, 1.165) is 6.54 Å². The summed E-state index contributed by atoms with van der Waals surface area (Å²) in [5, 5.41) is 1.47. The Morgan fingerprint density at radius 3 is 2.87 bits per heavy atom. The van der Waals surface area contributed by atoms with Crippen molar-refractivity contribution in [2.24, 2.45) is 0 Å². The lowest BCUT2D eigenvalue weighted by Gasteiger charge is -2.28. The Bertz CT molecular complexity index is 685. The van der Waals surface area contributed by atoms with Gasteiger partial charge >= 0.3 is 0 Å². The van der Waals surface area contributed by atoms with Crippen molar-refractivity contribution >= 4 is 22.7 Å². The highest BCUT2D eigenvalue weighted by Gasteiger charge is 2.24. The van der Waals surface area contributed by atoms with Crippen LogP contribution >= 0.6 is 11.8 Å². The van der Waals surface area contributed by atoms with E-state index in [1.807, 2.05) is 0 Å². The SMILES string of the molecule is CN(C)C1CCc2[nH]c3ccc(CN4CCSCC4)cc3c2C1. The van der Waals surface area contributed by atoms with Crippen LogP contribution in [0.2, 0.25) is 0 Å². The zero-order valence-electron chi connectivity index (χ0n) is 14.3. The second-order valence-corrected chi connectivity index (χ2v) is 8.44. The highest BCUT2D eigenvalue weighted by Crippen LogP contribution is 2.31. The third kappa shape index (κ3) is 3.17. The average Bonchev–Trinajstić information content (AvgIpc) is 2.93. The van der Waals surface area contributed by atoms with E-state index in [0.29, 0.717) is 6.04 Å². The Balaban J connectivity index is 1.61. The Hall–Kier alpha value is -0.970. The lowest BCUT2D eigenvalue weighted by Crippen LogP contribution is -2.33. The first-order chi connectivity index (χ1) is 11.2. The zero-order chi connectivity index (χ0) is 15.8. The molecule has 4 rings (SSSR count). The molecule has 2 aromatic rings. The van der Waals surface area contributed by atoms with Gasteiger partial charge in [0.15, 0.2) is 0 Å². The van der Waals surface area contributed by atoms with Gasteiger partial charge in [-0.25, -0.2) is 0 Å². The molecule has 0 bridgehead atoms. The van der Waals surface area contributed by atoms with Gasteiger partial charge in [-0.1, -0.05) is 6.07 Å². The predicted octanol–water partition coefficient (Wildman–Crippen LogP) is 3.14. The van der Waals surface area contributed by atoms with Crippen LogP contribution in [0.1, 0.15) is 23.2 Å². The lowest BCUT2D eigenvalue weighted by molar-refractivity contribution is 0.268. The van der Waals surface area contributed by atoms with Gasteiger partial charge in [0.25, 0.3) is 0 Å². The summed E-state index contributed by atoms with van der Waals surface area (Å²) in [6.45, 7) is 3.57. The molecule has 1 N–H and O–H groups in total. The molecule has 0 amide bonds. The largest absolute Gasteiger partial charge is 0.358 e. The summed E-state index contributed by atoms with van der Waals surface area (Å²) in [6.07, 6.45) is 3.64. The smallest absolute Gasteiger partial charge is 0.0459 e. The molecule has 1 aromatic carbocycles. The van der Waals surface area contributed by atoms with Crippen molar-refractivity contribution in [3.05, 3.63) is 35.0 Å². The quantitative estimate of drug-likeness (QED) is 0.935. The highest BCUT2D eigenvalue weighted by atomic mass is 32.2. The zero-order valence-corrected chi connectivity index (χ0v) is 15.1. The molecule has 0 radical (unpaired) electrons. The molecule has 1 aliphatic carbocycles. The van der Waals surface area contributed by atoms with Crippen LogP contribution in [-0.2, 0) is 19.4 Å². The predicted molar refractivity (Wildman–Crippen MR) is 100 cm³/mol. The Morgan fingerprint density at radius 1 is 1.26 bits per heavy atom. The van der Waals surface area contributed by atoms with Gasteiger partial charge in [-0.15, -0.1) is 0 Å². The Kier molecular flexibility index (Phi) is 4.39. The summed E-state index contributed by atoms with van der Waals surface area (Å²) < 4.78 is 0. The number of aromatic amines is 1. The molecule has 0 spiro atoms. The van der Waals surface area contributed by atoms with E-state index < -0.39 is 0 Å². The van der Waals surface area contributed by atoms with E-state index in [-0.39, 0.29) is 0 Å². The van der Waals surface area contributed by atoms with E-state index >= 15 is 0 Å². The number of aryl methyl sites for hydroxylation is 1. The van der Waals surface area contributed by atoms with Gasteiger partial charge in [0, 0.05) is 53.8 Å². The standard InChI is InChI=1S/C19H27N3S/c1-21(2)15-4-6-19-17(12-15)16-11-14(3-5-18(16)20-19)13-22-7-9-23-10-8-22/h3,5,11,15,20H,4,6-10,12-13H2,1-2H3. The Morgan fingerprint density at radius 2 is 2.09 bits per heavy atom. The molecule has 4 heteroatoms. The molecule has 2 heterocycles. The minimum Gasteiger partial charge on any atom is -0.358 e. The first kappa shape index (κ1) is 15.6. The van der Waals surface area contributed by atoms with E-state index in [1.165, 1.54) is 66.0 Å². The summed E-state index contributed by atoms with van der Waals surface area (Å²) >= 11 is 2.08. The average molecular weight is 330 g/mol. The molecule has 1 atom stereocenters. The van der Waals surface area contributed by atoms with E-state index in [2.05, 4.69) is 58.8 Å². The molecule has 124 valence electrons. The normalized spacial score (nSPS) is 22.7. The summed E-state index contributed by atoms with van der Waals surface area (Å²) in [5.41, 5.74) is 5.84. The van der Waals surface area contributed by atoms with Gasteiger partial charge < -0.3 is 9.88 Å². The monoisotopic (exact) mass is 329 g/mol. The minimum absolute atomic E-state index is 0.685. The van der Waals surface area contributed by atoms with Gasteiger partial charge in [0.2, 0.25) is 0 Å². The van der Waals surface area contributed by atoms with Gasteiger partial charge in [-0.05, 0) is 56.6 Å². The van der Waals surface area contributed by atoms with Crippen LogP contribution in [0.15, 0.2) is 18.2 Å². The number of benzene rings is 1. The molecule has 2 aliphatic rings. The van der Waals surface area contributed by atoms with Crippen LogP contribution < -0.4 is 0 Å². The van der Waals surface area contributed by atoms with Gasteiger partial charge in [0.1, 0.15) is 0 Å². The van der Waals surface area contributed by atoms with Crippen molar-refractivity contribution in [3.63, 3.8) is 0 Å². The maximum Gasteiger partial charge on any atom is 0.0459 e. The van der Waals surface area contributed by atoms with Crippen LogP contribution in [0.25, 0.3) is 10.9 Å². The molecule has 23 heavy (non-hydrogen) atoms. The third-order valence-corrected chi connectivity index (χ3v) is 6.41. The number of fused-ring (bicyclic) bond motifs is 3. The van der Waals surface area contributed by atoms with Crippen molar-refractivity contribution in [1.29, 1.82) is 0 Å². The molecule has 3 nitrogen and oxygen atoms in total. The number of aromatic nitrogens is 1.